The number of carbonyl (C=O) groups is 1. The molecule has 24 heavy (non-hydrogen) atoms. The van der Waals surface area contributed by atoms with Crippen LogP contribution in [0.4, 0.5) is 5.69 Å². The summed E-state index contributed by atoms with van der Waals surface area (Å²) in [4.78, 5) is 11.8. The summed E-state index contributed by atoms with van der Waals surface area (Å²) in [6.07, 6.45) is 4.15. The first-order chi connectivity index (χ1) is 11.8. The summed E-state index contributed by atoms with van der Waals surface area (Å²) < 4.78 is 10.6. The van der Waals surface area contributed by atoms with Crippen LogP contribution >= 0.6 is 0 Å². The third kappa shape index (κ3) is 4.52. The average Bonchev–Trinajstić information content (AvgIpc) is 3.08. The zero-order valence-corrected chi connectivity index (χ0v) is 13.3. The number of anilines is 1. The van der Waals surface area contributed by atoms with E-state index in [-0.39, 0.29) is 12.7 Å². The van der Waals surface area contributed by atoms with Crippen molar-refractivity contribution in [3.63, 3.8) is 0 Å². The van der Waals surface area contributed by atoms with Gasteiger partial charge in [0.05, 0.1) is 0 Å². The van der Waals surface area contributed by atoms with Gasteiger partial charge < -0.3 is 20.1 Å². The SMILES string of the molecule is O=C(C=Cc1ccc2c(c1)OCO2)NCCCNc1ccccc1. The zero-order chi connectivity index (χ0) is 16.6. The fraction of sp³-hybridized carbons (Fsp3) is 0.211. The largest absolute Gasteiger partial charge is 0.454 e. The molecular weight excluding hydrogens is 304 g/mol. The molecule has 5 nitrogen and oxygen atoms in total. The molecular formula is C19H20N2O3. The van der Waals surface area contributed by atoms with Crippen LogP contribution in [0.25, 0.3) is 6.08 Å². The van der Waals surface area contributed by atoms with Gasteiger partial charge in [-0.3, -0.25) is 4.79 Å². The lowest BCUT2D eigenvalue weighted by Gasteiger charge is -2.06. The van der Waals surface area contributed by atoms with Crippen molar-refractivity contribution in [3.05, 3.63) is 60.2 Å². The second-order valence-electron chi connectivity index (χ2n) is 5.38. The quantitative estimate of drug-likeness (QED) is 0.607. The van der Waals surface area contributed by atoms with Gasteiger partial charge in [-0.2, -0.15) is 0 Å². The van der Waals surface area contributed by atoms with Crippen molar-refractivity contribution >= 4 is 17.7 Å². The number of benzene rings is 2. The van der Waals surface area contributed by atoms with Crippen molar-refractivity contribution in [1.29, 1.82) is 0 Å². The first-order valence-electron chi connectivity index (χ1n) is 7.96. The summed E-state index contributed by atoms with van der Waals surface area (Å²) in [5, 5.41) is 6.17. The van der Waals surface area contributed by atoms with Gasteiger partial charge in [0.25, 0.3) is 0 Å². The molecule has 2 N–H and O–H groups in total. The Kier molecular flexibility index (Phi) is 5.35. The number of carbonyl (C=O) groups excluding carboxylic acids is 1. The van der Waals surface area contributed by atoms with Gasteiger partial charge in [0.2, 0.25) is 12.7 Å². The fourth-order valence-electron chi connectivity index (χ4n) is 2.34. The van der Waals surface area contributed by atoms with Crippen molar-refractivity contribution in [2.75, 3.05) is 25.2 Å². The minimum absolute atomic E-state index is 0.104. The van der Waals surface area contributed by atoms with E-state index >= 15 is 0 Å². The van der Waals surface area contributed by atoms with Gasteiger partial charge in [0.1, 0.15) is 0 Å². The Bertz CT molecular complexity index is 714. The number of para-hydroxylation sites is 1. The number of fused-ring (bicyclic) bond motifs is 1. The van der Waals surface area contributed by atoms with E-state index in [1.54, 1.807) is 6.08 Å². The molecule has 1 heterocycles. The lowest BCUT2D eigenvalue weighted by atomic mass is 10.2. The number of hydrogen-bond donors (Lipinski definition) is 2. The molecule has 0 bridgehead atoms. The van der Waals surface area contributed by atoms with Crippen LogP contribution in [0.3, 0.4) is 0 Å². The maximum Gasteiger partial charge on any atom is 0.244 e. The van der Waals surface area contributed by atoms with Gasteiger partial charge >= 0.3 is 0 Å². The Hall–Kier alpha value is -2.95. The Morgan fingerprint density at radius 3 is 2.75 bits per heavy atom. The molecule has 2 aromatic rings. The monoisotopic (exact) mass is 324 g/mol. The maximum absolute atomic E-state index is 11.8. The Morgan fingerprint density at radius 1 is 1.04 bits per heavy atom. The summed E-state index contributed by atoms with van der Waals surface area (Å²) in [7, 11) is 0. The predicted octanol–water partition coefficient (Wildman–Crippen LogP) is 3.05. The van der Waals surface area contributed by atoms with E-state index in [4.69, 9.17) is 9.47 Å². The molecule has 1 aliphatic heterocycles. The van der Waals surface area contributed by atoms with Crippen LogP contribution in [0.5, 0.6) is 11.5 Å². The molecule has 0 fully saturated rings. The number of nitrogens with one attached hydrogen (secondary N) is 2. The molecule has 1 amide bonds. The van der Waals surface area contributed by atoms with Crippen LogP contribution < -0.4 is 20.1 Å². The smallest absolute Gasteiger partial charge is 0.244 e. The van der Waals surface area contributed by atoms with Gasteiger partial charge in [-0.15, -0.1) is 0 Å². The molecule has 124 valence electrons. The molecule has 0 aliphatic carbocycles. The van der Waals surface area contributed by atoms with Crippen molar-refractivity contribution < 1.29 is 14.3 Å². The van der Waals surface area contributed by atoms with Crippen LogP contribution in [-0.2, 0) is 4.79 Å². The molecule has 0 saturated carbocycles. The van der Waals surface area contributed by atoms with E-state index in [2.05, 4.69) is 10.6 Å². The Labute approximate surface area is 141 Å². The van der Waals surface area contributed by atoms with Gasteiger partial charge in [0, 0.05) is 24.9 Å². The third-order valence-corrected chi connectivity index (χ3v) is 3.58. The topological polar surface area (TPSA) is 59.6 Å². The lowest BCUT2D eigenvalue weighted by molar-refractivity contribution is -0.116. The first-order valence-corrected chi connectivity index (χ1v) is 7.96. The van der Waals surface area contributed by atoms with Gasteiger partial charge in [-0.05, 0) is 42.3 Å². The number of amides is 1. The Balaban J connectivity index is 1.36. The molecule has 3 rings (SSSR count). The van der Waals surface area contributed by atoms with Gasteiger partial charge in [-0.25, -0.2) is 0 Å². The zero-order valence-electron chi connectivity index (χ0n) is 13.3. The molecule has 1 aliphatic rings. The minimum Gasteiger partial charge on any atom is -0.454 e. The highest BCUT2D eigenvalue weighted by atomic mass is 16.7. The third-order valence-electron chi connectivity index (χ3n) is 3.58. The van der Waals surface area contributed by atoms with E-state index in [1.807, 2.05) is 48.5 Å². The van der Waals surface area contributed by atoms with Crippen LogP contribution in [-0.4, -0.2) is 25.8 Å². The van der Waals surface area contributed by atoms with E-state index in [0.29, 0.717) is 12.3 Å². The number of ether oxygens (including phenoxy) is 2. The van der Waals surface area contributed by atoms with E-state index in [9.17, 15) is 4.79 Å². The highest BCUT2D eigenvalue weighted by Gasteiger charge is 2.12. The second kappa shape index (κ2) is 8.06. The predicted molar refractivity (Wildman–Crippen MR) is 94.2 cm³/mol. The summed E-state index contributed by atoms with van der Waals surface area (Å²) in [6.45, 7) is 1.69. The normalized spacial score (nSPS) is 12.3. The van der Waals surface area contributed by atoms with Gasteiger partial charge in [0.15, 0.2) is 11.5 Å². The Morgan fingerprint density at radius 2 is 1.88 bits per heavy atom. The molecule has 0 spiro atoms. The van der Waals surface area contributed by atoms with Crippen molar-refractivity contribution in [3.8, 4) is 11.5 Å². The van der Waals surface area contributed by atoms with Crippen LogP contribution in [0.15, 0.2) is 54.6 Å². The van der Waals surface area contributed by atoms with E-state index in [0.717, 1.165) is 30.0 Å². The summed E-state index contributed by atoms with van der Waals surface area (Å²) in [6, 6.07) is 15.6. The maximum atomic E-state index is 11.8. The highest BCUT2D eigenvalue weighted by Crippen LogP contribution is 2.32. The lowest BCUT2D eigenvalue weighted by Crippen LogP contribution is -2.23. The molecule has 5 heteroatoms. The summed E-state index contributed by atoms with van der Waals surface area (Å²) in [5.74, 6) is 1.35. The van der Waals surface area contributed by atoms with Crippen LogP contribution in [0, 0.1) is 0 Å². The first kappa shape index (κ1) is 15.9. The molecule has 0 aromatic heterocycles. The molecule has 0 atom stereocenters. The van der Waals surface area contributed by atoms with Crippen LogP contribution in [0.2, 0.25) is 0 Å². The van der Waals surface area contributed by atoms with Crippen molar-refractivity contribution in [2.45, 2.75) is 6.42 Å². The number of rotatable bonds is 7. The van der Waals surface area contributed by atoms with Gasteiger partial charge in [-0.1, -0.05) is 24.3 Å². The summed E-state index contributed by atoms with van der Waals surface area (Å²) in [5.41, 5.74) is 1.99. The van der Waals surface area contributed by atoms with Crippen molar-refractivity contribution in [2.24, 2.45) is 0 Å². The fourth-order valence-corrected chi connectivity index (χ4v) is 2.34. The minimum atomic E-state index is -0.104. The standard InChI is InChI=1S/C19H20N2O3/c22-19(21-12-4-11-20-16-5-2-1-3-6-16)10-8-15-7-9-17-18(13-15)24-14-23-17/h1-3,5-10,13,20H,4,11-12,14H2,(H,21,22). The van der Waals surface area contributed by atoms with Crippen LogP contribution in [0.1, 0.15) is 12.0 Å². The average molecular weight is 324 g/mol. The molecule has 2 aromatic carbocycles. The number of hydrogen-bond acceptors (Lipinski definition) is 4. The molecule has 0 saturated heterocycles. The molecule has 0 unspecified atom stereocenters. The molecule has 0 radical (unpaired) electrons. The van der Waals surface area contributed by atoms with Crippen molar-refractivity contribution in [1.82, 2.24) is 5.32 Å². The summed E-state index contributed by atoms with van der Waals surface area (Å²) >= 11 is 0. The second-order valence-corrected chi connectivity index (χ2v) is 5.38. The van der Waals surface area contributed by atoms with E-state index in [1.165, 1.54) is 6.08 Å². The van der Waals surface area contributed by atoms with E-state index < -0.39 is 0 Å². The highest BCUT2D eigenvalue weighted by molar-refractivity contribution is 5.91.